The van der Waals surface area contributed by atoms with Gasteiger partial charge in [-0.05, 0) is 0 Å². The van der Waals surface area contributed by atoms with E-state index in [-0.39, 0.29) is 12.1 Å². The molecule has 5 heteroatoms. The van der Waals surface area contributed by atoms with Crippen LogP contribution >= 0.6 is 30.4 Å². The molecule has 0 radical (unpaired) electrons. The molecule has 0 aromatic rings. The van der Waals surface area contributed by atoms with Crippen molar-refractivity contribution in [2.45, 2.75) is 0 Å². The van der Waals surface area contributed by atoms with Crippen LogP contribution in [0, 0.1) is 5.41 Å². The molecular weight excluding hydrogens is 270 g/mol. The minimum atomic E-state index is -0.343. The lowest BCUT2D eigenvalue weighted by molar-refractivity contribution is -0.138. The van der Waals surface area contributed by atoms with Crippen molar-refractivity contribution in [2.24, 2.45) is 5.41 Å². The van der Waals surface area contributed by atoms with Gasteiger partial charge < -0.3 is 8.92 Å². The Labute approximate surface area is 75.6 Å². The molecule has 1 heterocycles. The van der Waals surface area contributed by atoms with E-state index in [1.807, 2.05) is 21.2 Å². The number of ether oxygens (including phenoxy) is 1. The SMILES string of the molecule is FCC1(COSI)COC1. The maximum Gasteiger partial charge on any atom is 0.102 e. The highest BCUT2D eigenvalue weighted by atomic mass is 127. The largest absolute Gasteiger partial charge is 0.380 e. The first-order valence-electron chi connectivity index (χ1n) is 2.87. The van der Waals surface area contributed by atoms with Crippen LogP contribution in [0.5, 0.6) is 0 Å². The first-order chi connectivity index (χ1) is 4.83. The lowest BCUT2D eigenvalue weighted by atomic mass is 9.89. The molecular formula is C5H8FIO2S. The van der Waals surface area contributed by atoms with Crippen molar-refractivity contribution in [1.82, 2.24) is 0 Å². The summed E-state index contributed by atoms with van der Waals surface area (Å²) in [6, 6.07) is 0. The number of rotatable bonds is 4. The second kappa shape index (κ2) is 4.08. The van der Waals surface area contributed by atoms with Gasteiger partial charge in [0.15, 0.2) is 0 Å². The Morgan fingerprint density at radius 1 is 1.70 bits per heavy atom. The van der Waals surface area contributed by atoms with Crippen LogP contribution in [0.1, 0.15) is 0 Å². The fraction of sp³-hybridized carbons (Fsp3) is 1.00. The third-order valence-electron chi connectivity index (χ3n) is 1.51. The van der Waals surface area contributed by atoms with Crippen LogP contribution in [-0.4, -0.2) is 26.5 Å². The second-order valence-corrected chi connectivity index (χ2v) is 3.89. The van der Waals surface area contributed by atoms with Crippen LogP contribution in [0.4, 0.5) is 4.39 Å². The van der Waals surface area contributed by atoms with Gasteiger partial charge in [0.2, 0.25) is 0 Å². The predicted octanol–water partition coefficient (Wildman–Crippen LogP) is 1.99. The van der Waals surface area contributed by atoms with Crippen molar-refractivity contribution >= 4 is 30.4 Å². The van der Waals surface area contributed by atoms with Gasteiger partial charge in [0.25, 0.3) is 0 Å². The van der Waals surface area contributed by atoms with Crippen LogP contribution in [-0.2, 0) is 8.92 Å². The van der Waals surface area contributed by atoms with Gasteiger partial charge >= 0.3 is 0 Å². The van der Waals surface area contributed by atoms with E-state index in [0.29, 0.717) is 19.8 Å². The van der Waals surface area contributed by atoms with E-state index in [0.717, 1.165) is 0 Å². The van der Waals surface area contributed by atoms with Gasteiger partial charge in [0.1, 0.15) is 6.67 Å². The van der Waals surface area contributed by atoms with E-state index in [9.17, 15) is 4.39 Å². The minimum Gasteiger partial charge on any atom is -0.380 e. The topological polar surface area (TPSA) is 18.5 Å². The van der Waals surface area contributed by atoms with E-state index >= 15 is 0 Å². The highest BCUT2D eigenvalue weighted by Gasteiger charge is 2.39. The predicted molar refractivity (Wildman–Crippen MR) is 46.8 cm³/mol. The standard InChI is InChI=1S/C5H8FIO2S/c6-1-5(2-8-3-5)4-9-10-7/h1-4H2. The first kappa shape index (κ1) is 9.02. The molecule has 1 saturated heterocycles. The summed E-state index contributed by atoms with van der Waals surface area (Å²) in [6.07, 6.45) is 0. The highest BCUT2D eigenvalue weighted by molar-refractivity contribution is 14.2. The van der Waals surface area contributed by atoms with E-state index in [1.54, 1.807) is 0 Å². The number of halogens is 2. The Morgan fingerprint density at radius 2 is 2.40 bits per heavy atom. The van der Waals surface area contributed by atoms with Gasteiger partial charge in [-0.1, -0.05) is 0 Å². The third-order valence-corrected chi connectivity index (χ3v) is 2.48. The average molecular weight is 278 g/mol. The Morgan fingerprint density at radius 3 is 2.70 bits per heavy atom. The maximum atomic E-state index is 12.2. The molecule has 1 rings (SSSR count). The van der Waals surface area contributed by atoms with E-state index < -0.39 is 0 Å². The van der Waals surface area contributed by atoms with E-state index in [1.165, 1.54) is 9.21 Å². The molecule has 0 aliphatic carbocycles. The fourth-order valence-corrected chi connectivity index (χ4v) is 1.41. The molecule has 1 aliphatic rings. The fourth-order valence-electron chi connectivity index (χ4n) is 0.737. The quantitative estimate of drug-likeness (QED) is 0.579. The zero-order valence-corrected chi connectivity index (χ0v) is 8.28. The summed E-state index contributed by atoms with van der Waals surface area (Å²) in [6.45, 7) is 1.11. The van der Waals surface area contributed by atoms with Gasteiger partial charge in [-0.15, -0.1) is 0 Å². The van der Waals surface area contributed by atoms with Crippen LogP contribution in [0.2, 0.25) is 0 Å². The molecule has 0 amide bonds. The van der Waals surface area contributed by atoms with Crippen LogP contribution in [0.3, 0.4) is 0 Å². The summed E-state index contributed by atoms with van der Waals surface area (Å²) in [5.41, 5.74) is -0.321. The monoisotopic (exact) mass is 278 g/mol. The maximum absolute atomic E-state index is 12.2. The van der Waals surface area contributed by atoms with Gasteiger partial charge in [-0.2, -0.15) is 0 Å². The van der Waals surface area contributed by atoms with Crippen molar-refractivity contribution in [1.29, 1.82) is 0 Å². The van der Waals surface area contributed by atoms with Crippen molar-refractivity contribution in [3.63, 3.8) is 0 Å². The summed E-state index contributed by atoms with van der Waals surface area (Å²) >= 11 is 2.02. The normalized spacial score (nSPS) is 22.2. The molecule has 0 saturated carbocycles. The zero-order valence-electron chi connectivity index (χ0n) is 5.31. The van der Waals surface area contributed by atoms with Crippen molar-refractivity contribution in [3.05, 3.63) is 0 Å². The molecule has 0 aromatic carbocycles. The molecule has 0 aromatic heterocycles. The van der Waals surface area contributed by atoms with Crippen LogP contribution in [0.15, 0.2) is 0 Å². The molecule has 2 nitrogen and oxygen atoms in total. The molecule has 0 bridgehead atoms. The zero-order chi connectivity index (χ0) is 7.45. The Hall–Kier alpha value is 0.930. The Bertz CT molecular complexity index is 104. The lowest BCUT2D eigenvalue weighted by Gasteiger charge is -2.37. The molecule has 1 aliphatic heterocycles. The smallest absolute Gasteiger partial charge is 0.102 e. The summed E-state index contributed by atoms with van der Waals surface area (Å²) in [7, 11) is 1.24. The van der Waals surface area contributed by atoms with Gasteiger partial charge in [-0.3, -0.25) is 4.39 Å². The molecule has 0 spiro atoms. The van der Waals surface area contributed by atoms with Crippen molar-refractivity contribution in [2.75, 3.05) is 26.5 Å². The summed E-state index contributed by atoms with van der Waals surface area (Å²) in [5, 5.41) is 0. The second-order valence-electron chi connectivity index (χ2n) is 2.45. The highest BCUT2D eigenvalue weighted by Crippen LogP contribution is 2.30. The molecule has 1 fully saturated rings. The Kier molecular flexibility index (Phi) is 3.68. The summed E-state index contributed by atoms with van der Waals surface area (Å²) < 4.78 is 22.2. The lowest BCUT2D eigenvalue weighted by Crippen LogP contribution is -2.47. The molecule has 10 heavy (non-hydrogen) atoms. The van der Waals surface area contributed by atoms with E-state index in [2.05, 4.69) is 0 Å². The minimum absolute atomic E-state index is 0.321. The third kappa shape index (κ3) is 1.96. The summed E-state index contributed by atoms with van der Waals surface area (Å²) in [4.78, 5) is 0. The number of hydrogen-bond donors (Lipinski definition) is 0. The molecule has 0 unspecified atom stereocenters. The summed E-state index contributed by atoms with van der Waals surface area (Å²) in [5.74, 6) is 0. The van der Waals surface area contributed by atoms with E-state index in [4.69, 9.17) is 8.92 Å². The van der Waals surface area contributed by atoms with Crippen LogP contribution < -0.4 is 0 Å². The average Bonchev–Trinajstić information content (AvgIpc) is 1.87. The molecule has 0 atom stereocenters. The van der Waals surface area contributed by atoms with Crippen molar-refractivity contribution < 1.29 is 13.3 Å². The molecule has 0 N–H and O–H groups in total. The van der Waals surface area contributed by atoms with Gasteiger partial charge in [0, 0.05) is 21.2 Å². The Balaban J connectivity index is 2.20. The van der Waals surface area contributed by atoms with Gasteiger partial charge in [0.05, 0.1) is 34.4 Å². The van der Waals surface area contributed by atoms with Crippen molar-refractivity contribution in [3.8, 4) is 0 Å². The molecule has 60 valence electrons. The number of alkyl halides is 1. The number of hydrogen-bond acceptors (Lipinski definition) is 3. The van der Waals surface area contributed by atoms with Gasteiger partial charge in [-0.25, -0.2) is 0 Å². The van der Waals surface area contributed by atoms with Crippen LogP contribution in [0.25, 0.3) is 0 Å². The first-order valence-corrected chi connectivity index (χ1v) is 6.15.